The summed E-state index contributed by atoms with van der Waals surface area (Å²) in [5.74, 6) is 0.419. The molecule has 0 spiro atoms. The molecule has 2 nitrogen and oxygen atoms in total. The molecule has 0 saturated carbocycles. The molecule has 2 rings (SSSR count). The van der Waals surface area contributed by atoms with Crippen LogP contribution >= 0.6 is 0 Å². The molecule has 1 aliphatic rings. The highest BCUT2D eigenvalue weighted by Gasteiger charge is 2.41. The van der Waals surface area contributed by atoms with Crippen LogP contribution in [-0.4, -0.2) is 11.2 Å². The fraction of sp³-hybridized carbons (Fsp3) is 0.562. The molecular formula is C16H21NO. The van der Waals surface area contributed by atoms with Crippen molar-refractivity contribution in [2.45, 2.75) is 45.6 Å². The van der Waals surface area contributed by atoms with E-state index < -0.39 is 11.5 Å². The van der Waals surface area contributed by atoms with Gasteiger partial charge in [0.15, 0.2) is 0 Å². The zero-order chi connectivity index (χ0) is 13.2. The Morgan fingerprint density at radius 1 is 1.33 bits per heavy atom. The van der Waals surface area contributed by atoms with Crippen LogP contribution in [0, 0.1) is 22.7 Å². The number of hydrogen-bond acceptors (Lipinski definition) is 2. The Morgan fingerprint density at radius 2 is 2.00 bits per heavy atom. The summed E-state index contributed by atoms with van der Waals surface area (Å²) in [5.41, 5.74) is 1.98. The lowest BCUT2D eigenvalue weighted by Gasteiger charge is -2.36. The minimum atomic E-state index is -0.585. The lowest BCUT2D eigenvalue weighted by molar-refractivity contribution is 0.0366. The van der Waals surface area contributed by atoms with Crippen molar-refractivity contribution in [3.05, 3.63) is 35.4 Å². The van der Waals surface area contributed by atoms with Gasteiger partial charge in [0.05, 0.1) is 17.6 Å². The molecule has 2 unspecified atom stereocenters. The second-order valence-electron chi connectivity index (χ2n) is 5.86. The first-order valence-electron chi connectivity index (χ1n) is 6.73. The van der Waals surface area contributed by atoms with E-state index in [0.717, 1.165) is 12.8 Å². The van der Waals surface area contributed by atoms with E-state index >= 15 is 0 Å². The first-order valence-corrected chi connectivity index (χ1v) is 6.73. The van der Waals surface area contributed by atoms with Crippen molar-refractivity contribution in [1.29, 1.82) is 5.26 Å². The molecule has 0 amide bonds. The predicted molar refractivity (Wildman–Crippen MR) is 72.0 cm³/mol. The summed E-state index contributed by atoms with van der Waals surface area (Å²) in [6, 6.07) is 10.7. The maximum atomic E-state index is 10.4. The normalized spacial score (nSPS) is 24.4. The lowest BCUT2D eigenvalue weighted by atomic mass is 9.67. The van der Waals surface area contributed by atoms with Crippen molar-refractivity contribution in [2.24, 2.45) is 11.3 Å². The molecular weight excluding hydrogens is 222 g/mol. The number of aryl methyl sites for hydroxylation is 1. The van der Waals surface area contributed by atoms with E-state index in [4.69, 9.17) is 0 Å². The molecule has 0 aliphatic heterocycles. The van der Waals surface area contributed by atoms with E-state index in [0.29, 0.717) is 18.8 Å². The Morgan fingerprint density at radius 3 is 2.61 bits per heavy atom. The number of benzene rings is 1. The first kappa shape index (κ1) is 13.1. The Kier molecular flexibility index (Phi) is 3.73. The monoisotopic (exact) mass is 243 g/mol. The molecule has 1 N–H and O–H groups in total. The van der Waals surface area contributed by atoms with Crippen LogP contribution < -0.4 is 0 Å². The van der Waals surface area contributed by atoms with Gasteiger partial charge in [-0.3, -0.25) is 0 Å². The van der Waals surface area contributed by atoms with Crippen LogP contribution in [0.2, 0.25) is 0 Å². The molecule has 1 aromatic rings. The minimum Gasteiger partial charge on any atom is -0.391 e. The van der Waals surface area contributed by atoms with Gasteiger partial charge in [-0.25, -0.2) is 0 Å². The van der Waals surface area contributed by atoms with E-state index in [2.05, 4.69) is 32.0 Å². The number of aliphatic hydroxyl groups is 1. The van der Waals surface area contributed by atoms with Gasteiger partial charge in [0.1, 0.15) is 0 Å². The molecule has 0 saturated heterocycles. The number of nitriles is 1. The van der Waals surface area contributed by atoms with Crippen LogP contribution in [0.4, 0.5) is 0 Å². The zero-order valence-corrected chi connectivity index (χ0v) is 11.2. The van der Waals surface area contributed by atoms with Crippen molar-refractivity contribution >= 4 is 0 Å². The number of rotatable bonds is 3. The minimum absolute atomic E-state index is 0.419. The van der Waals surface area contributed by atoms with Crippen molar-refractivity contribution < 1.29 is 5.11 Å². The van der Waals surface area contributed by atoms with Crippen LogP contribution in [0.5, 0.6) is 0 Å². The number of nitrogens with zero attached hydrogens (tertiary/aromatic N) is 1. The molecule has 0 heterocycles. The van der Waals surface area contributed by atoms with Crippen LogP contribution in [0.1, 0.15) is 37.8 Å². The summed E-state index contributed by atoms with van der Waals surface area (Å²) in [5, 5.41) is 19.9. The quantitative estimate of drug-likeness (QED) is 0.886. The predicted octanol–water partition coefficient (Wildman–Crippen LogP) is 3.09. The van der Waals surface area contributed by atoms with Crippen LogP contribution in [0.25, 0.3) is 0 Å². The van der Waals surface area contributed by atoms with Gasteiger partial charge >= 0.3 is 0 Å². The number of aliphatic hydroxyl groups excluding tert-OH is 1. The molecule has 2 heteroatoms. The third-order valence-corrected chi connectivity index (χ3v) is 4.02. The highest BCUT2D eigenvalue weighted by molar-refractivity contribution is 5.33. The summed E-state index contributed by atoms with van der Waals surface area (Å²) in [6.45, 7) is 4.18. The van der Waals surface area contributed by atoms with Crippen molar-refractivity contribution in [3.8, 4) is 6.07 Å². The highest BCUT2D eigenvalue weighted by atomic mass is 16.3. The van der Waals surface area contributed by atoms with Gasteiger partial charge in [0.2, 0.25) is 0 Å². The van der Waals surface area contributed by atoms with Gasteiger partial charge in [-0.2, -0.15) is 5.26 Å². The molecule has 1 aromatic carbocycles. The standard InChI is InChI=1S/C16H21NO/c1-12(2)9-15(18)16(11-17)8-7-13-5-3-4-6-14(13)10-16/h3-6,12,15,18H,7-10H2,1-2H3. The summed E-state index contributed by atoms with van der Waals surface area (Å²) in [6.07, 6.45) is 2.55. The van der Waals surface area contributed by atoms with Crippen LogP contribution in [0.15, 0.2) is 24.3 Å². The van der Waals surface area contributed by atoms with Crippen molar-refractivity contribution in [1.82, 2.24) is 0 Å². The molecule has 0 radical (unpaired) electrons. The topological polar surface area (TPSA) is 44.0 Å². The second-order valence-corrected chi connectivity index (χ2v) is 5.86. The molecule has 96 valence electrons. The van der Waals surface area contributed by atoms with Gasteiger partial charge < -0.3 is 5.11 Å². The van der Waals surface area contributed by atoms with Crippen molar-refractivity contribution in [2.75, 3.05) is 0 Å². The van der Waals surface area contributed by atoms with E-state index in [9.17, 15) is 10.4 Å². The average molecular weight is 243 g/mol. The SMILES string of the molecule is CC(C)CC(O)C1(C#N)CCc2ccccc2C1. The van der Waals surface area contributed by atoms with E-state index in [1.807, 2.05) is 12.1 Å². The molecule has 18 heavy (non-hydrogen) atoms. The summed E-state index contributed by atoms with van der Waals surface area (Å²) < 4.78 is 0. The number of fused-ring (bicyclic) bond motifs is 1. The highest BCUT2D eigenvalue weighted by Crippen LogP contribution is 2.39. The van der Waals surface area contributed by atoms with E-state index in [-0.39, 0.29) is 0 Å². The van der Waals surface area contributed by atoms with E-state index in [1.54, 1.807) is 0 Å². The Bertz CT molecular complexity index is 460. The molecule has 1 aliphatic carbocycles. The van der Waals surface area contributed by atoms with Gasteiger partial charge in [0.25, 0.3) is 0 Å². The van der Waals surface area contributed by atoms with Gasteiger partial charge in [-0.1, -0.05) is 38.1 Å². The summed E-state index contributed by atoms with van der Waals surface area (Å²) >= 11 is 0. The smallest absolute Gasteiger partial charge is 0.0875 e. The Labute approximate surface area is 109 Å². The van der Waals surface area contributed by atoms with Crippen LogP contribution in [-0.2, 0) is 12.8 Å². The summed E-state index contributed by atoms with van der Waals surface area (Å²) in [7, 11) is 0. The largest absolute Gasteiger partial charge is 0.391 e. The fourth-order valence-electron chi connectivity index (χ4n) is 2.89. The third kappa shape index (κ3) is 2.42. The van der Waals surface area contributed by atoms with E-state index in [1.165, 1.54) is 11.1 Å². The maximum Gasteiger partial charge on any atom is 0.0875 e. The molecule has 0 aromatic heterocycles. The van der Waals surface area contributed by atoms with Gasteiger partial charge in [-0.15, -0.1) is 0 Å². The third-order valence-electron chi connectivity index (χ3n) is 4.02. The zero-order valence-electron chi connectivity index (χ0n) is 11.2. The Hall–Kier alpha value is -1.33. The first-order chi connectivity index (χ1) is 8.57. The second kappa shape index (κ2) is 5.12. The molecule has 0 fully saturated rings. The number of hydrogen-bond donors (Lipinski definition) is 1. The maximum absolute atomic E-state index is 10.4. The molecule has 2 atom stereocenters. The Balaban J connectivity index is 2.24. The molecule has 0 bridgehead atoms. The van der Waals surface area contributed by atoms with Gasteiger partial charge in [-0.05, 0) is 42.7 Å². The van der Waals surface area contributed by atoms with Crippen LogP contribution in [0.3, 0.4) is 0 Å². The summed E-state index contributed by atoms with van der Waals surface area (Å²) in [4.78, 5) is 0. The van der Waals surface area contributed by atoms with Gasteiger partial charge in [0, 0.05) is 0 Å². The fourth-order valence-corrected chi connectivity index (χ4v) is 2.89. The average Bonchev–Trinajstić information content (AvgIpc) is 2.37. The van der Waals surface area contributed by atoms with Crippen molar-refractivity contribution in [3.63, 3.8) is 0 Å². The lowest BCUT2D eigenvalue weighted by Crippen LogP contribution is -2.39.